The number of hydrogen-bond donors (Lipinski definition) is 1. The third-order valence-electron chi connectivity index (χ3n) is 4.23. The van der Waals surface area contributed by atoms with Crippen LogP contribution in [0.3, 0.4) is 0 Å². The lowest BCUT2D eigenvalue weighted by molar-refractivity contribution is 0.224. The number of benzene rings is 1. The molecule has 1 N–H and O–H groups in total. The fraction of sp³-hybridized carbons (Fsp3) is 0.444. The second-order valence-corrected chi connectivity index (χ2v) is 5.80. The van der Waals surface area contributed by atoms with Gasteiger partial charge in [-0.2, -0.15) is 0 Å². The molecule has 0 radical (unpaired) electrons. The van der Waals surface area contributed by atoms with E-state index in [1.54, 1.807) is 0 Å². The van der Waals surface area contributed by atoms with Crippen molar-refractivity contribution in [3.8, 4) is 0 Å². The summed E-state index contributed by atoms with van der Waals surface area (Å²) in [5.74, 6) is 2.13. The zero-order chi connectivity index (χ0) is 14.7. The lowest BCUT2D eigenvalue weighted by Gasteiger charge is -2.27. The summed E-state index contributed by atoms with van der Waals surface area (Å²) in [6.45, 7) is 9.11. The Hall–Kier alpha value is -1.58. The molecule has 2 aromatic rings. The topological polar surface area (TPSA) is 28.4 Å². The minimum atomic E-state index is 0.897. The van der Waals surface area contributed by atoms with Gasteiger partial charge in [-0.25, -0.2) is 0 Å². The van der Waals surface area contributed by atoms with E-state index in [1.807, 2.05) is 0 Å². The fourth-order valence-electron chi connectivity index (χ4n) is 3.01. The van der Waals surface area contributed by atoms with Gasteiger partial charge in [0.25, 0.3) is 0 Å². The number of fused-ring (bicyclic) bond motifs is 1. The van der Waals surface area contributed by atoms with E-state index in [0.29, 0.717) is 0 Å². The summed E-state index contributed by atoms with van der Waals surface area (Å²) in [4.78, 5) is 2.47. The van der Waals surface area contributed by atoms with E-state index >= 15 is 0 Å². The van der Waals surface area contributed by atoms with Crippen LogP contribution in [0.4, 0.5) is 0 Å². The minimum Gasteiger partial charge on any atom is -0.465 e. The van der Waals surface area contributed by atoms with E-state index in [9.17, 15) is 0 Å². The summed E-state index contributed by atoms with van der Waals surface area (Å²) in [6, 6.07) is 11.0. The van der Waals surface area contributed by atoms with Crippen LogP contribution in [0.2, 0.25) is 0 Å². The molecule has 0 fully saturated rings. The lowest BCUT2D eigenvalue weighted by Crippen LogP contribution is -2.29. The molecular weight excluding hydrogens is 260 g/mol. The zero-order valence-electron chi connectivity index (χ0n) is 13.0. The van der Waals surface area contributed by atoms with E-state index in [0.717, 1.165) is 50.7 Å². The van der Waals surface area contributed by atoms with Gasteiger partial charge in [-0.05, 0) is 37.1 Å². The van der Waals surface area contributed by atoms with Gasteiger partial charge in [-0.3, -0.25) is 4.90 Å². The second kappa shape index (κ2) is 6.46. The van der Waals surface area contributed by atoms with Gasteiger partial charge in [0.2, 0.25) is 0 Å². The third-order valence-corrected chi connectivity index (χ3v) is 4.23. The van der Waals surface area contributed by atoms with Crippen LogP contribution in [-0.2, 0) is 26.1 Å². The van der Waals surface area contributed by atoms with Crippen LogP contribution in [0, 0.1) is 6.92 Å². The van der Waals surface area contributed by atoms with E-state index in [1.165, 1.54) is 16.7 Å². The van der Waals surface area contributed by atoms with Crippen molar-refractivity contribution in [3.63, 3.8) is 0 Å². The molecular formula is C18H24N2O. The molecule has 3 rings (SSSR count). The van der Waals surface area contributed by atoms with Crippen molar-refractivity contribution in [1.82, 2.24) is 10.2 Å². The molecule has 1 aromatic carbocycles. The summed E-state index contributed by atoms with van der Waals surface area (Å²) >= 11 is 0. The van der Waals surface area contributed by atoms with Crippen molar-refractivity contribution in [2.24, 2.45) is 0 Å². The third kappa shape index (κ3) is 3.36. The molecule has 0 spiro atoms. The Morgan fingerprint density at radius 1 is 1.24 bits per heavy atom. The quantitative estimate of drug-likeness (QED) is 0.913. The highest BCUT2D eigenvalue weighted by Gasteiger charge is 2.17. The highest BCUT2D eigenvalue weighted by Crippen LogP contribution is 2.22. The largest absolute Gasteiger partial charge is 0.465 e. The molecule has 0 aliphatic carbocycles. The Labute approximate surface area is 127 Å². The number of nitrogens with zero attached hydrogens (tertiary/aromatic N) is 1. The molecule has 0 saturated heterocycles. The van der Waals surface area contributed by atoms with Gasteiger partial charge >= 0.3 is 0 Å². The molecule has 0 saturated carbocycles. The van der Waals surface area contributed by atoms with Crippen molar-refractivity contribution < 1.29 is 4.42 Å². The summed E-state index contributed by atoms with van der Waals surface area (Å²) in [6.07, 6.45) is 1.14. The SMILES string of the molecule is CCNCc1cc(CN2CCc3ccccc3C2)oc1C. The molecule has 3 heteroatoms. The maximum atomic E-state index is 5.92. The number of hydrogen-bond acceptors (Lipinski definition) is 3. The fourth-order valence-corrected chi connectivity index (χ4v) is 3.01. The predicted molar refractivity (Wildman–Crippen MR) is 85.1 cm³/mol. The van der Waals surface area contributed by atoms with Gasteiger partial charge in [0.05, 0.1) is 6.54 Å². The Morgan fingerprint density at radius 2 is 2.05 bits per heavy atom. The van der Waals surface area contributed by atoms with Crippen molar-refractivity contribution >= 4 is 0 Å². The van der Waals surface area contributed by atoms with Crippen molar-refractivity contribution in [2.75, 3.05) is 13.1 Å². The predicted octanol–water partition coefficient (Wildman–Crippen LogP) is 3.26. The normalized spacial score (nSPS) is 15.1. The molecule has 0 unspecified atom stereocenters. The molecule has 3 nitrogen and oxygen atoms in total. The van der Waals surface area contributed by atoms with Gasteiger partial charge in [-0.15, -0.1) is 0 Å². The van der Waals surface area contributed by atoms with Crippen LogP contribution in [0.15, 0.2) is 34.7 Å². The van der Waals surface area contributed by atoms with E-state index in [2.05, 4.69) is 54.4 Å². The Kier molecular flexibility index (Phi) is 4.42. The van der Waals surface area contributed by atoms with Crippen LogP contribution >= 0.6 is 0 Å². The first kappa shape index (κ1) is 14.4. The Bertz CT molecular complexity index is 603. The molecule has 21 heavy (non-hydrogen) atoms. The average molecular weight is 284 g/mol. The molecule has 1 aliphatic heterocycles. The van der Waals surface area contributed by atoms with Crippen molar-refractivity contribution in [2.45, 2.75) is 39.9 Å². The number of nitrogens with one attached hydrogen (secondary N) is 1. The molecule has 112 valence electrons. The van der Waals surface area contributed by atoms with Gasteiger partial charge in [-0.1, -0.05) is 31.2 Å². The van der Waals surface area contributed by atoms with Crippen molar-refractivity contribution in [3.05, 3.63) is 58.5 Å². The monoisotopic (exact) mass is 284 g/mol. The zero-order valence-corrected chi connectivity index (χ0v) is 13.0. The van der Waals surface area contributed by atoms with E-state index in [4.69, 9.17) is 4.42 Å². The molecule has 1 aromatic heterocycles. The van der Waals surface area contributed by atoms with Gasteiger partial charge in [0.1, 0.15) is 11.5 Å². The molecule has 0 amide bonds. The first-order chi connectivity index (χ1) is 10.3. The molecule has 0 atom stereocenters. The lowest BCUT2D eigenvalue weighted by atomic mass is 10.00. The first-order valence-electron chi connectivity index (χ1n) is 7.84. The number of furan rings is 1. The Balaban J connectivity index is 1.65. The maximum Gasteiger partial charge on any atom is 0.118 e. The second-order valence-electron chi connectivity index (χ2n) is 5.80. The van der Waals surface area contributed by atoms with E-state index < -0.39 is 0 Å². The van der Waals surface area contributed by atoms with Gasteiger partial charge < -0.3 is 9.73 Å². The average Bonchev–Trinajstić information content (AvgIpc) is 2.84. The molecule has 2 heterocycles. The van der Waals surface area contributed by atoms with Crippen LogP contribution in [0.25, 0.3) is 0 Å². The van der Waals surface area contributed by atoms with Crippen LogP contribution in [-0.4, -0.2) is 18.0 Å². The standard InChI is InChI=1S/C18H24N2O/c1-3-19-11-17-10-18(21-14(17)2)13-20-9-8-15-6-4-5-7-16(15)12-20/h4-7,10,19H,3,8-9,11-13H2,1-2H3. The van der Waals surface area contributed by atoms with Crippen LogP contribution < -0.4 is 5.32 Å². The van der Waals surface area contributed by atoms with Crippen molar-refractivity contribution in [1.29, 1.82) is 0 Å². The highest BCUT2D eigenvalue weighted by atomic mass is 16.3. The summed E-state index contributed by atoms with van der Waals surface area (Å²) in [5, 5.41) is 3.36. The summed E-state index contributed by atoms with van der Waals surface area (Å²) in [5.41, 5.74) is 4.24. The first-order valence-corrected chi connectivity index (χ1v) is 7.84. The number of rotatable bonds is 5. The van der Waals surface area contributed by atoms with Gasteiger partial charge in [0, 0.05) is 25.2 Å². The molecule has 1 aliphatic rings. The Morgan fingerprint density at radius 3 is 2.86 bits per heavy atom. The van der Waals surface area contributed by atoms with Gasteiger partial charge in [0.15, 0.2) is 0 Å². The van der Waals surface area contributed by atoms with E-state index in [-0.39, 0.29) is 0 Å². The summed E-state index contributed by atoms with van der Waals surface area (Å²) < 4.78 is 5.92. The molecule has 0 bridgehead atoms. The van der Waals surface area contributed by atoms with Crippen LogP contribution in [0.5, 0.6) is 0 Å². The number of aryl methyl sites for hydroxylation is 1. The summed E-state index contributed by atoms with van der Waals surface area (Å²) in [7, 11) is 0. The maximum absolute atomic E-state index is 5.92. The minimum absolute atomic E-state index is 0.897. The van der Waals surface area contributed by atoms with Crippen LogP contribution in [0.1, 0.15) is 35.1 Å². The smallest absolute Gasteiger partial charge is 0.118 e. The highest BCUT2D eigenvalue weighted by molar-refractivity contribution is 5.29.